The molecule has 4 aliphatic rings. The first-order valence-corrected chi connectivity index (χ1v) is 27.9. The molecule has 25 heteroatoms. The van der Waals surface area contributed by atoms with Crippen molar-refractivity contribution in [2.45, 2.75) is 178 Å². The number of hydrogen-bond acceptors (Lipinski definition) is 12. The third kappa shape index (κ3) is 15.9. The van der Waals surface area contributed by atoms with Gasteiger partial charge in [-0.1, -0.05) is 45.9 Å². The zero-order valence-electron chi connectivity index (χ0n) is 46.0. The molecule has 5 heterocycles. The quantitative estimate of drug-likeness (QED) is 0.0321. The SMILES string of the molecule is CC(C)C[C@H](NC(=O)[C@H](CCC(N)=O)NC(=O)[C@@H]1CCCN1C(=O)[C@@H]1CCCN1C(=O)[C@@H]1CCCN1C(=O)[C@H](Cc1c[nH]c2ccccc12)NC(=O)[C@H](CCCN=C(N)N)NC(=O)[C@@H]1CCCN1C(=O)[C@@H](N)CC(C)C)C(=O)O. The number of aliphatic imine (C=N–C) groups is 1. The molecule has 9 atom stereocenters. The third-order valence-corrected chi connectivity index (χ3v) is 15.3. The minimum atomic E-state index is -1.34. The molecule has 0 unspecified atom stereocenters. The fourth-order valence-corrected chi connectivity index (χ4v) is 11.4. The Hall–Kier alpha value is -7.31. The van der Waals surface area contributed by atoms with E-state index in [9.17, 15) is 48.3 Å². The van der Waals surface area contributed by atoms with E-state index in [0.717, 1.165) is 10.9 Å². The number of para-hydroxylation sites is 1. The van der Waals surface area contributed by atoms with Gasteiger partial charge in [-0.05, 0) is 107 Å². The van der Waals surface area contributed by atoms with Gasteiger partial charge in [0.2, 0.25) is 53.2 Å². The number of likely N-dealkylation sites (tertiary alicyclic amines) is 4. The number of aliphatic carboxylic acids is 1. The van der Waals surface area contributed by atoms with Crippen molar-refractivity contribution in [1.82, 2.24) is 45.9 Å². The monoisotopic (exact) mass is 1100 g/mol. The predicted molar refractivity (Wildman–Crippen MR) is 292 cm³/mol. The summed E-state index contributed by atoms with van der Waals surface area (Å²) in [5, 5.41) is 21.5. The minimum absolute atomic E-state index is 0.00826. The Bertz CT molecular complexity index is 2580. The molecule has 9 amide bonds. The summed E-state index contributed by atoms with van der Waals surface area (Å²) in [7, 11) is 0. The molecule has 4 saturated heterocycles. The lowest BCUT2D eigenvalue weighted by molar-refractivity contribution is -0.151. The maximum atomic E-state index is 15.2. The van der Waals surface area contributed by atoms with Crippen LogP contribution in [0.4, 0.5) is 0 Å². The Morgan fingerprint density at radius 1 is 0.633 bits per heavy atom. The summed E-state index contributed by atoms with van der Waals surface area (Å²) in [6, 6.07) is -2.34. The number of aromatic amines is 1. The van der Waals surface area contributed by atoms with Crippen molar-refractivity contribution in [2.24, 2.45) is 39.8 Å². The fourth-order valence-electron chi connectivity index (χ4n) is 11.4. The molecule has 14 N–H and O–H groups in total. The summed E-state index contributed by atoms with van der Waals surface area (Å²) in [5.41, 5.74) is 24.3. The molecule has 25 nitrogen and oxygen atoms in total. The predicted octanol–water partition coefficient (Wildman–Crippen LogP) is -0.563. The van der Waals surface area contributed by atoms with E-state index in [1.165, 1.54) is 19.6 Å². The Morgan fingerprint density at radius 2 is 1.13 bits per heavy atom. The van der Waals surface area contributed by atoms with Crippen molar-refractivity contribution < 1.29 is 53.1 Å². The van der Waals surface area contributed by atoms with Crippen LogP contribution >= 0.6 is 0 Å². The van der Waals surface area contributed by atoms with Crippen LogP contribution in [0.2, 0.25) is 0 Å². The molecule has 0 radical (unpaired) electrons. The zero-order chi connectivity index (χ0) is 57.7. The first kappa shape index (κ1) is 60.9. The summed E-state index contributed by atoms with van der Waals surface area (Å²) in [6.07, 6.45) is 5.09. The highest BCUT2D eigenvalue weighted by atomic mass is 16.4. The second-order valence-electron chi connectivity index (χ2n) is 22.2. The van der Waals surface area contributed by atoms with E-state index < -0.39 is 108 Å². The van der Waals surface area contributed by atoms with Gasteiger partial charge in [0.15, 0.2) is 5.96 Å². The number of guanidine groups is 1. The van der Waals surface area contributed by atoms with Crippen molar-refractivity contribution in [3.05, 3.63) is 36.0 Å². The van der Waals surface area contributed by atoms with E-state index in [1.54, 1.807) is 20.0 Å². The van der Waals surface area contributed by atoms with Crippen LogP contribution in [-0.2, 0) is 54.4 Å². The molecule has 434 valence electrons. The van der Waals surface area contributed by atoms with E-state index >= 15 is 4.79 Å². The van der Waals surface area contributed by atoms with Crippen LogP contribution < -0.4 is 44.2 Å². The number of aromatic nitrogens is 1. The number of rotatable bonds is 26. The molecule has 4 aliphatic heterocycles. The lowest BCUT2D eigenvalue weighted by atomic mass is 10.0. The number of H-pyrrole nitrogens is 1. The highest BCUT2D eigenvalue weighted by molar-refractivity contribution is 5.99. The molecule has 1 aromatic heterocycles. The van der Waals surface area contributed by atoms with Gasteiger partial charge in [0, 0.05) is 62.7 Å². The van der Waals surface area contributed by atoms with Gasteiger partial charge in [-0.2, -0.15) is 0 Å². The largest absolute Gasteiger partial charge is 0.480 e. The van der Waals surface area contributed by atoms with Crippen LogP contribution in [0.5, 0.6) is 0 Å². The number of carbonyl (C=O) groups is 10. The molecule has 79 heavy (non-hydrogen) atoms. The molecule has 0 spiro atoms. The van der Waals surface area contributed by atoms with Gasteiger partial charge in [-0.25, -0.2) is 4.79 Å². The van der Waals surface area contributed by atoms with Crippen LogP contribution in [0.25, 0.3) is 10.9 Å². The second kappa shape index (κ2) is 28.0. The number of hydrogen-bond donors (Lipinski definition) is 10. The summed E-state index contributed by atoms with van der Waals surface area (Å²) >= 11 is 0. The number of nitrogens with two attached hydrogens (primary N) is 4. The summed E-state index contributed by atoms with van der Waals surface area (Å²) in [4.78, 5) is 151. The fraction of sp³-hybridized carbons (Fsp3) is 0.648. The Labute approximate surface area is 460 Å². The summed E-state index contributed by atoms with van der Waals surface area (Å²) in [6.45, 7) is 8.47. The lowest BCUT2D eigenvalue weighted by Gasteiger charge is -2.35. The molecular weight excluding hydrogens is 1020 g/mol. The molecule has 2 aromatic rings. The lowest BCUT2D eigenvalue weighted by Crippen LogP contribution is -2.60. The molecule has 0 saturated carbocycles. The normalized spacial score (nSPS) is 21.1. The number of carbonyl (C=O) groups excluding carboxylic acids is 9. The molecule has 4 fully saturated rings. The molecule has 0 aliphatic carbocycles. The van der Waals surface area contributed by atoms with Crippen LogP contribution in [0.1, 0.15) is 123 Å². The number of amides is 9. The van der Waals surface area contributed by atoms with Crippen molar-refractivity contribution in [3.8, 4) is 0 Å². The van der Waals surface area contributed by atoms with E-state index in [-0.39, 0.29) is 108 Å². The van der Waals surface area contributed by atoms with E-state index in [4.69, 9.17) is 22.9 Å². The smallest absolute Gasteiger partial charge is 0.326 e. The van der Waals surface area contributed by atoms with Crippen LogP contribution in [0.15, 0.2) is 35.5 Å². The Balaban J connectivity index is 1.20. The molecular formula is C54H82N14O11. The summed E-state index contributed by atoms with van der Waals surface area (Å²) < 4.78 is 0. The number of benzene rings is 1. The highest BCUT2D eigenvalue weighted by Gasteiger charge is 2.47. The molecule has 6 rings (SSSR count). The molecule has 1 aromatic carbocycles. The number of nitrogens with zero attached hydrogens (tertiary/aromatic N) is 5. The number of carboxylic acid groups (broad SMARTS) is 1. The average molecular weight is 1100 g/mol. The van der Waals surface area contributed by atoms with Crippen LogP contribution in [0, 0.1) is 11.8 Å². The van der Waals surface area contributed by atoms with Gasteiger partial charge in [-0.15, -0.1) is 0 Å². The number of fused-ring (bicyclic) bond motifs is 1. The minimum Gasteiger partial charge on any atom is -0.480 e. The van der Waals surface area contributed by atoms with Crippen LogP contribution in [-0.4, -0.2) is 182 Å². The van der Waals surface area contributed by atoms with Crippen molar-refractivity contribution >= 4 is 76.0 Å². The van der Waals surface area contributed by atoms with Crippen LogP contribution in [0.3, 0.4) is 0 Å². The van der Waals surface area contributed by atoms with Gasteiger partial charge in [-0.3, -0.25) is 48.1 Å². The van der Waals surface area contributed by atoms with E-state index in [0.29, 0.717) is 50.6 Å². The van der Waals surface area contributed by atoms with Gasteiger partial charge in [0.1, 0.15) is 48.3 Å². The van der Waals surface area contributed by atoms with Gasteiger partial charge >= 0.3 is 5.97 Å². The number of primary amides is 1. The van der Waals surface area contributed by atoms with Crippen molar-refractivity contribution in [3.63, 3.8) is 0 Å². The molecule has 0 bridgehead atoms. The third-order valence-electron chi connectivity index (χ3n) is 15.3. The van der Waals surface area contributed by atoms with E-state index in [1.807, 2.05) is 38.1 Å². The first-order valence-electron chi connectivity index (χ1n) is 27.9. The van der Waals surface area contributed by atoms with E-state index in [2.05, 4.69) is 31.2 Å². The standard InChI is InChI=1S/C54H82N14O11/c1-30(2)26-34(55)49(74)65-22-8-15-40(65)47(72)61-36(14-7-21-59-54(57)58)45(70)63-38(28-32-29-60-35-13-6-5-12-33(32)35)50(75)67-24-10-17-42(67)52(77)68-25-11-18-43(68)51(76)66-23-9-16-41(66)48(73)62-37(19-20-44(56)69)46(71)64-39(53(78)79)27-31(3)4/h5-6,12-13,29-31,34,36-43,60H,7-11,14-28,55H2,1-4H3,(H2,56,69)(H,61,72)(H,62,73)(H,63,70)(H,64,71)(H,78,79)(H4,57,58,59)/t34-,36-,37-,38-,39-,40-,41-,42-,43-/m0/s1. The van der Waals surface area contributed by atoms with Gasteiger partial charge in [0.05, 0.1) is 6.04 Å². The van der Waals surface area contributed by atoms with Gasteiger partial charge in [0.25, 0.3) is 0 Å². The second-order valence-corrected chi connectivity index (χ2v) is 22.2. The van der Waals surface area contributed by atoms with Gasteiger partial charge < -0.3 is 73.9 Å². The summed E-state index contributed by atoms with van der Waals surface area (Å²) in [5.74, 6) is -6.71. The number of nitrogens with one attached hydrogen (secondary N) is 5. The first-order chi connectivity index (χ1) is 37.6. The Kier molecular flexibility index (Phi) is 21.6. The highest BCUT2D eigenvalue weighted by Crippen LogP contribution is 2.30. The topological polar surface area (TPSA) is 384 Å². The maximum absolute atomic E-state index is 15.2. The zero-order valence-corrected chi connectivity index (χ0v) is 46.0. The average Bonchev–Trinajstić information content (AvgIpc) is 4.32. The van der Waals surface area contributed by atoms with Crippen molar-refractivity contribution in [1.29, 1.82) is 0 Å². The maximum Gasteiger partial charge on any atom is 0.326 e. The Morgan fingerprint density at radius 3 is 1.68 bits per heavy atom. The number of carboxylic acids is 1. The van der Waals surface area contributed by atoms with Crippen molar-refractivity contribution in [2.75, 3.05) is 32.7 Å².